The van der Waals surface area contributed by atoms with Crippen LogP contribution in [0.4, 0.5) is 0 Å². The first-order valence-corrected chi connectivity index (χ1v) is 8.58. The van der Waals surface area contributed by atoms with Crippen molar-refractivity contribution in [3.05, 3.63) is 29.8 Å². The van der Waals surface area contributed by atoms with Gasteiger partial charge in [0.05, 0.1) is 11.4 Å². The third-order valence-corrected chi connectivity index (χ3v) is 4.87. The Bertz CT molecular complexity index is 557. The summed E-state index contributed by atoms with van der Waals surface area (Å²) in [5.74, 6) is 5.57. The van der Waals surface area contributed by atoms with Gasteiger partial charge in [0.25, 0.3) is 0 Å². The minimum absolute atomic E-state index is 0.240. The summed E-state index contributed by atoms with van der Waals surface area (Å²) in [5.41, 5.74) is 6.03. The highest BCUT2D eigenvalue weighted by molar-refractivity contribution is 7.99. The Morgan fingerprint density at radius 1 is 1.37 bits per heavy atom. The summed E-state index contributed by atoms with van der Waals surface area (Å²) >= 11 is 1.62. The van der Waals surface area contributed by atoms with Crippen molar-refractivity contribution in [1.82, 2.24) is 4.72 Å². The minimum atomic E-state index is -3.44. The zero-order valence-corrected chi connectivity index (χ0v) is 12.6. The average Bonchev–Trinajstić information content (AvgIpc) is 2.43. The molecule has 19 heavy (non-hydrogen) atoms. The molecule has 0 spiro atoms. The first-order valence-electron chi connectivity index (χ1n) is 5.81. The number of hydrogen-bond donors (Lipinski definition) is 2. The number of nitrogens with one attached hydrogen (secondary N) is 1. The third-order valence-electron chi connectivity index (χ3n) is 2.46. The zero-order valence-electron chi connectivity index (χ0n) is 11.0. The molecule has 3 N–H and O–H groups in total. The fourth-order valence-electron chi connectivity index (χ4n) is 1.26. The number of rotatable bonds is 5. The Hall–Kier alpha value is -1.00. The quantitative estimate of drug-likeness (QED) is 0.796. The van der Waals surface area contributed by atoms with Gasteiger partial charge in [0, 0.05) is 17.4 Å². The van der Waals surface area contributed by atoms with Crippen LogP contribution >= 0.6 is 11.8 Å². The third kappa shape index (κ3) is 5.25. The molecule has 4 nitrogen and oxygen atoms in total. The summed E-state index contributed by atoms with van der Waals surface area (Å²) in [6.07, 6.45) is 1.95. The van der Waals surface area contributed by atoms with Crippen LogP contribution in [0, 0.1) is 11.8 Å². The Morgan fingerprint density at radius 3 is 2.53 bits per heavy atom. The molecule has 0 aliphatic carbocycles. The largest absolute Gasteiger partial charge is 0.320 e. The summed E-state index contributed by atoms with van der Waals surface area (Å²) in [4.78, 5) is 0.249. The highest BCUT2D eigenvalue weighted by atomic mass is 32.2. The second-order valence-corrected chi connectivity index (χ2v) is 6.97. The summed E-state index contributed by atoms with van der Waals surface area (Å²) < 4.78 is 26.6. The second kappa shape index (κ2) is 7.56. The van der Waals surface area contributed by atoms with Gasteiger partial charge in [0.15, 0.2) is 0 Å². The SMILES string of the molecule is CSC(C)CNS(=O)(=O)c1ccc(C#CCN)cc1. The average molecular weight is 298 g/mol. The molecule has 0 saturated carbocycles. The number of benzene rings is 1. The molecule has 0 aliphatic heterocycles. The number of hydrogen-bond acceptors (Lipinski definition) is 4. The summed E-state index contributed by atoms with van der Waals surface area (Å²) in [5, 5.41) is 0.240. The fourth-order valence-corrected chi connectivity index (χ4v) is 2.75. The smallest absolute Gasteiger partial charge is 0.240 e. The van der Waals surface area contributed by atoms with Crippen LogP contribution in [0.25, 0.3) is 0 Å². The van der Waals surface area contributed by atoms with E-state index in [1.54, 1.807) is 36.0 Å². The Kier molecular flexibility index (Phi) is 6.38. The van der Waals surface area contributed by atoms with E-state index >= 15 is 0 Å². The van der Waals surface area contributed by atoms with Crippen LogP contribution in [0.5, 0.6) is 0 Å². The molecule has 6 heteroatoms. The van der Waals surface area contributed by atoms with Crippen molar-refractivity contribution in [3.8, 4) is 11.8 Å². The van der Waals surface area contributed by atoms with Gasteiger partial charge in [-0.1, -0.05) is 18.8 Å². The van der Waals surface area contributed by atoms with E-state index in [9.17, 15) is 8.42 Å². The van der Waals surface area contributed by atoms with Crippen LogP contribution in [0.1, 0.15) is 12.5 Å². The maximum Gasteiger partial charge on any atom is 0.240 e. The van der Waals surface area contributed by atoms with Crippen LogP contribution in [0.3, 0.4) is 0 Å². The van der Waals surface area contributed by atoms with E-state index in [1.165, 1.54) is 0 Å². The maximum absolute atomic E-state index is 12.0. The topological polar surface area (TPSA) is 72.2 Å². The molecule has 1 rings (SSSR count). The Balaban J connectivity index is 2.79. The first-order chi connectivity index (χ1) is 8.99. The first kappa shape index (κ1) is 16.1. The van der Waals surface area contributed by atoms with E-state index in [0.29, 0.717) is 6.54 Å². The van der Waals surface area contributed by atoms with E-state index in [4.69, 9.17) is 5.73 Å². The van der Waals surface area contributed by atoms with Gasteiger partial charge in [0.1, 0.15) is 0 Å². The number of thioether (sulfide) groups is 1. The summed E-state index contributed by atoms with van der Waals surface area (Å²) in [7, 11) is -3.44. The van der Waals surface area contributed by atoms with Crippen LogP contribution in [-0.2, 0) is 10.0 Å². The maximum atomic E-state index is 12.0. The van der Waals surface area contributed by atoms with Gasteiger partial charge in [-0.15, -0.1) is 0 Å². The van der Waals surface area contributed by atoms with Gasteiger partial charge < -0.3 is 5.73 Å². The van der Waals surface area contributed by atoms with Crippen LogP contribution < -0.4 is 10.5 Å². The lowest BCUT2D eigenvalue weighted by atomic mass is 10.2. The van der Waals surface area contributed by atoms with Crippen molar-refractivity contribution in [2.24, 2.45) is 5.73 Å². The molecule has 0 fully saturated rings. The minimum Gasteiger partial charge on any atom is -0.320 e. The predicted octanol–water partition coefficient (Wildman–Crippen LogP) is 1.03. The zero-order chi connectivity index (χ0) is 14.3. The van der Waals surface area contributed by atoms with E-state index in [-0.39, 0.29) is 16.7 Å². The molecule has 0 bridgehead atoms. The molecule has 1 unspecified atom stereocenters. The molecule has 1 atom stereocenters. The van der Waals surface area contributed by atoms with Crippen LogP contribution in [0.15, 0.2) is 29.2 Å². The van der Waals surface area contributed by atoms with Crippen molar-refractivity contribution < 1.29 is 8.42 Å². The second-order valence-electron chi connectivity index (χ2n) is 3.93. The van der Waals surface area contributed by atoms with Gasteiger partial charge in [-0.05, 0) is 30.5 Å². The van der Waals surface area contributed by atoms with Crippen molar-refractivity contribution in [2.75, 3.05) is 19.3 Å². The molecule has 0 radical (unpaired) electrons. The van der Waals surface area contributed by atoms with Gasteiger partial charge in [-0.2, -0.15) is 11.8 Å². The van der Waals surface area contributed by atoms with Crippen LogP contribution in [-0.4, -0.2) is 33.0 Å². The lowest BCUT2D eigenvalue weighted by molar-refractivity contribution is 0.581. The standard InChI is InChI=1S/C13H18N2O2S2/c1-11(18-2)10-15-19(16,17)13-7-5-12(6-8-13)4-3-9-14/h5-8,11,15H,9-10,14H2,1-2H3. The van der Waals surface area contributed by atoms with E-state index in [0.717, 1.165) is 5.56 Å². The van der Waals surface area contributed by atoms with Gasteiger partial charge in [-0.25, -0.2) is 13.1 Å². The molecule has 0 aliphatic rings. The lowest BCUT2D eigenvalue weighted by Gasteiger charge is -2.10. The monoisotopic (exact) mass is 298 g/mol. The fraction of sp³-hybridized carbons (Fsp3) is 0.385. The summed E-state index contributed by atoms with van der Waals surface area (Å²) in [6, 6.07) is 6.45. The highest BCUT2D eigenvalue weighted by Gasteiger charge is 2.14. The van der Waals surface area contributed by atoms with Crippen LogP contribution in [0.2, 0.25) is 0 Å². The normalized spacial score (nSPS) is 12.6. The van der Waals surface area contributed by atoms with E-state index in [1.807, 2.05) is 13.2 Å². The Labute approximate surface area is 119 Å². The van der Waals surface area contributed by atoms with Crippen molar-refractivity contribution >= 4 is 21.8 Å². The Morgan fingerprint density at radius 2 is 2.00 bits per heavy atom. The van der Waals surface area contributed by atoms with Crippen molar-refractivity contribution in [2.45, 2.75) is 17.1 Å². The predicted molar refractivity (Wildman–Crippen MR) is 80.5 cm³/mol. The molecule has 0 heterocycles. The molecular weight excluding hydrogens is 280 g/mol. The lowest BCUT2D eigenvalue weighted by Crippen LogP contribution is -2.29. The van der Waals surface area contributed by atoms with Gasteiger partial charge >= 0.3 is 0 Å². The van der Waals surface area contributed by atoms with Crippen molar-refractivity contribution in [3.63, 3.8) is 0 Å². The molecular formula is C13H18N2O2S2. The van der Waals surface area contributed by atoms with E-state index in [2.05, 4.69) is 16.6 Å². The molecule has 1 aromatic carbocycles. The molecule has 104 valence electrons. The van der Waals surface area contributed by atoms with E-state index < -0.39 is 10.0 Å². The highest BCUT2D eigenvalue weighted by Crippen LogP contribution is 2.11. The number of sulfonamides is 1. The molecule has 0 amide bonds. The molecule has 0 aromatic heterocycles. The molecule has 0 saturated heterocycles. The van der Waals surface area contributed by atoms with Gasteiger partial charge in [0.2, 0.25) is 10.0 Å². The molecule has 1 aromatic rings. The summed E-state index contributed by atoms with van der Waals surface area (Å²) in [6.45, 7) is 2.67. The number of nitrogens with two attached hydrogens (primary N) is 1. The van der Waals surface area contributed by atoms with Gasteiger partial charge in [-0.3, -0.25) is 0 Å². The van der Waals surface area contributed by atoms with Crippen molar-refractivity contribution in [1.29, 1.82) is 0 Å².